The van der Waals surface area contributed by atoms with E-state index in [1.165, 1.54) is 5.56 Å². The van der Waals surface area contributed by atoms with Crippen LogP contribution >= 0.6 is 11.6 Å². The van der Waals surface area contributed by atoms with Crippen molar-refractivity contribution in [2.24, 2.45) is 5.10 Å². The summed E-state index contributed by atoms with van der Waals surface area (Å²) in [5.41, 5.74) is 2.07. The van der Waals surface area contributed by atoms with E-state index >= 15 is 0 Å². The molecule has 0 radical (unpaired) electrons. The van der Waals surface area contributed by atoms with Gasteiger partial charge in [-0.2, -0.15) is 5.10 Å². The fourth-order valence-corrected chi connectivity index (χ4v) is 3.10. The van der Waals surface area contributed by atoms with Gasteiger partial charge in [-0.3, -0.25) is 9.91 Å². The lowest BCUT2D eigenvalue weighted by atomic mass is 10.2. The van der Waals surface area contributed by atoms with Crippen molar-refractivity contribution in [2.45, 2.75) is 13.5 Å². The molecule has 1 saturated heterocycles. The maximum absolute atomic E-state index is 9.76. The molecular weight excluding hydrogens is 350 g/mol. The number of hydrazone groups is 1. The molecule has 2 aromatic rings. The van der Waals surface area contributed by atoms with Crippen molar-refractivity contribution in [3.63, 3.8) is 0 Å². The Kier molecular flexibility index (Phi) is 6.36. The first-order valence-corrected chi connectivity index (χ1v) is 9.24. The summed E-state index contributed by atoms with van der Waals surface area (Å²) in [6, 6.07) is 13.3. The molecule has 0 aromatic heterocycles. The van der Waals surface area contributed by atoms with Crippen LogP contribution in [0.2, 0.25) is 5.02 Å². The molecule has 6 heteroatoms. The Labute approximate surface area is 159 Å². The SMILES string of the molecule is CCOc1cc(C=NN2CCN(Cc3ccccc3Cl)CC2)ccc1O. The van der Waals surface area contributed by atoms with Crippen LogP contribution in [0.5, 0.6) is 11.5 Å². The number of hydrogen-bond acceptors (Lipinski definition) is 5. The molecule has 5 nitrogen and oxygen atoms in total. The number of nitrogens with zero attached hydrogens (tertiary/aromatic N) is 3. The zero-order valence-electron chi connectivity index (χ0n) is 14.9. The largest absolute Gasteiger partial charge is 0.504 e. The van der Waals surface area contributed by atoms with Gasteiger partial charge in [0.15, 0.2) is 11.5 Å². The van der Waals surface area contributed by atoms with Crippen molar-refractivity contribution in [1.82, 2.24) is 9.91 Å². The van der Waals surface area contributed by atoms with Crippen molar-refractivity contribution >= 4 is 17.8 Å². The maximum atomic E-state index is 9.76. The molecule has 3 rings (SSSR count). The minimum atomic E-state index is 0.150. The molecule has 1 heterocycles. The van der Waals surface area contributed by atoms with E-state index in [1.807, 2.05) is 37.4 Å². The lowest BCUT2D eigenvalue weighted by Gasteiger charge is -2.33. The van der Waals surface area contributed by atoms with Crippen LogP contribution in [-0.4, -0.2) is 54.0 Å². The normalized spacial score (nSPS) is 15.5. The highest BCUT2D eigenvalue weighted by Gasteiger charge is 2.16. The molecule has 0 aliphatic carbocycles. The standard InChI is InChI=1S/C20H24ClN3O2/c1-2-26-20-13-16(7-8-19(20)25)14-22-24-11-9-23(10-12-24)15-17-5-3-4-6-18(17)21/h3-8,13-14,25H,2,9-12,15H2,1H3. The van der Waals surface area contributed by atoms with Gasteiger partial charge in [0.2, 0.25) is 0 Å². The smallest absolute Gasteiger partial charge is 0.161 e. The average molecular weight is 374 g/mol. The predicted molar refractivity (Wildman–Crippen MR) is 105 cm³/mol. The van der Waals surface area contributed by atoms with Crippen LogP contribution in [0.25, 0.3) is 0 Å². The third-order valence-corrected chi connectivity index (χ3v) is 4.72. The van der Waals surface area contributed by atoms with Gasteiger partial charge in [0.25, 0.3) is 0 Å². The summed E-state index contributed by atoms with van der Waals surface area (Å²) in [7, 11) is 0. The zero-order chi connectivity index (χ0) is 18.4. The fourth-order valence-electron chi connectivity index (χ4n) is 2.91. The maximum Gasteiger partial charge on any atom is 0.161 e. The Bertz CT molecular complexity index is 758. The van der Waals surface area contributed by atoms with Gasteiger partial charge in [0.05, 0.1) is 12.8 Å². The minimum Gasteiger partial charge on any atom is -0.504 e. The molecular formula is C20H24ClN3O2. The minimum absolute atomic E-state index is 0.150. The van der Waals surface area contributed by atoms with Crippen molar-refractivity contribution in [3.8, 4) is 11.5 Å². The molecule has 1 N–H and O–H groups in total. The number of phenolic OH excluding ortho intramolecular Hbond substituents is 1. The summed E-state index contributed by atoms with van der Waals surface area (Å²) in [6.07, 6.45) is 1.81. The predicted octanol–water partition coefficient (Wildman–Crippen LogP) is 3.60. The van der Waals surface area contributed by atoms with E-state index in [0.29, 0.717) is 12.4 Å². The highest BCUT2D eigenvalue weighted by atomic mass is 35.5. The van der Waals surface area contributed by atoms with Crippen LogP contribution in [0.1, 0.15) is 18.1 Å². The van der Waals surface area contributed by atoms with Crippen LogP contribution in [0.3, 0.4) is 0 Å². The second-order valence-corrected chi connectivity index (χ2v) is 6.63. The second kappa shape index (κ2) is 8.92. The first-order valence-electron chi connectivity index (χ1n) is 8.86. The number of rotatable bonds is 6. The van der Waals surface area contributed by atoms with Crippen molar-refractivity contribution in [3.05, 3.63) is 58.6 Å². The van der Waals surface area contributed by atoms with E-state index in [0.717, 1.165) is 43.3 Å². The molecule has 0 saturated carbocycles. The van der Waals surface area contributed by atoms with Crippen molar-refractivity contribution in [1.29, 1.82) is 0 Å². The van der Waals surface area contributed by atoms with E-state index in [-0.39, 0.29) is 5.75 Å². The first kappa shape index (κ1) is 18.5. The van der Waals surface area contributed by atoms with Crippen LogP contribution in [0, 0.1) is 0 Å². The lowest BCUT2D eigenvalue weighted by Crippen LogP contribution is -2.43. The summed E-state index contributed by atoms with van der Waals surface area (Å²) < 4.78 is 5.41. The highest BCUT2D eigenvalue weighted by molar-refractivity contribution is 6.31. The first-order chi connectivity index (χ1) is 12.7. The molecule has 2 aromatic carbocycles. The molecule has 1 aliphatic heterocycles. The third-order valence-electron chi connectivity index (χ3n) is 4.35. The van der Waals surface area contributed by atoms with Gasteiger partial charge in [-0.25, -0.2) is 0 Å². The third kappa shape index (κ3) is 4.90. The summed E-state index contributed by atoms with van der Waals surface area (Å²) in [5, 5.41) is 17.2. The average Bonchev–Trinajstić information content (AvgIpc) is 2.65. The van der Waals surface area contributed by atoms with Gasteiger partial charge in [-0.05, 0) is 42.3 Å². The number of phenols is 1. The Balaban J connectivity index is 1.53. The van der Waals surface area contributed by atoms with E-state index in [4.69, 9.17) is 16.3 Å². The van der Waals surface area contributed by atoms with E-state index < -0.39 is 0 Å². The van der Waals surface area contributed by atoms with Crippen LogP contribution in [-0.2, 0) is 6.54 Å². The molecule has 26 heavy (non-hydrogen) atoms. The number of halogens is 1. The van der Waals surface area contributed by atoms with Crippen molar-refractivity contribution < 1.29 is 9.84 Å². The molecule has 0 atom stereocenters. The van der Waals surface area contributed by atoms with Gasteiger partial charge in [-0.1, -0.05) is 29.8 Å². The number of benzene rings is 2. The monoisotopic (exact) mass is 373 g/mol. The zero-order valence-corrected chi connectivity index (χ0v) is 15.7. The summed E-state index contributed by atoms with van der Waals surface area (Å²) in [6.45, 7) is 6.91. The number of piperazine rings is 1. The Morgan fingerprint density at radius 3 is 2.65 bits per heavy atom. The Hall–Kier alpha value is -2.24. The molecule has 0 bridgehead atoms. The quantitative estimate of drug-likeness (QED) is 0.786. The van der Waals surface area contributed by atoms with E-state index in [9.17, 15) is 5.11 Å². The molecule has 0 amide bonds. The Morgan fingerprint density at radius 2 is 1.92 bits per heavy atom. The number of aromatic hydroxyl groups is 1. The van der Waals surface area contributed by atoms with Crippen molar-refractivity contribution in [2.75, 3.05) is 32.8 Å². The summed E-state index contributed by atoms with van der Waals surface area (Å²) in [4.78, 5) is 2.39. The molecule has 1 fully saturated rings. The van der Waals surface area contributed by atoms with Gasteiger partial charge >= 0.3 is 0 Å². The second-order valence-electron chi connectivity index (χ2n) is 6.23. The molecule has 138 valence electrons. The molecule has 0 unspecified atom stereocenters. The van der Waals surface area contributed by atoms with E-state index in [1.54, 1.807) is 12.1 Å². The summed E-state index contributed by atoms with van der Waals surface area (Å²) >= 11 is 6.25. The number of hydrogen-bond donors (Lipinski definition) is 1. The molecule has 0 spiro atoms. The summed E-state index contributed by atoms with van der Waals surface area (Å²) in [5.74, 6) is 0.637. The van der Waals surface area contributed by atoms with E-state index in [2.05, 4.69) is 21.1 Å². The molecule has 1 aliphatic rings. The Morgan fingerprint density at radius 1 is 1.15 bits per heavy atom. The van der Waals surface area contributed by atoms with Gasteiger partial charge in [0, 0.05) is 37.7 Å². The number of ether oxygens (including phenoxy) is 1. The topological polar surface area (TPSA) is 48.3 Å². The van der Waals surface area contributed by atoms with Gasteiger partial charge < -0.3 is 9.84 Å². The fraction of sp³-hybridized carbons (Fsp3) is 0.350. The van der Waals surface area contributed by atoms with Crippen LogP contribution in [0.4, 0.5) is 0 Å². The van der Waals surface area contributed by atoms with Gasteiger partial charge in [-0.15, -0.1) is 0 Å². The van der Waals surface area contributed by atoms with Gasteiger partial charge in [0.1, 0.15) is 0 Å². The van der Waals surface area contributed by atoms with Crippen LogP contribution in [0.15, 0.2) is 47.6 Å². The lowest BCUT2D eigenvalue weighted by molar-refractivity contribution is 0.131. The highest BCUT2D eigenvalue weighted by Crippen LogP contribution is 2.26. The van der Waals surface area contributed by atoms with Crippen LogP contribution < -0.4 is 4.74 Å².